The number of aliphatic carboxylic acids is 2. The number of pyridine rings is 1. The Morgan fingerprint density at radius 2 is 1.86 bits per heavy atom. The SMILES string of the molecule is O=C([O-])CC/C(=N/Nc1ccc2ccccc2n1)C(=O)[O-]. The fourth-order valence-electron chi connectivity index (χ4n) is 1.68. The second-order valence-corrected chi connectivity index (χ2v) is 4.22. The quantitative estimate of drug-likeness (QED) is 0.553. The highest BCUT2D eigenvalue weighted by atomic mass is 16.4. The number of fused-ring (bicyclic) bond motifs is 1. The van der Waals surface area contributed by atoms with Gasteiger partial charge in [-0.05, 0) is 31.0 Å². The van der Waals surface area contributed by atoms with Gasteiger partial charge in [-0.2, -0.15) is 5.10 Å². The van der Waals surface area contributed by atoms with Gasteiger partial charge < -0.3 is 19.8 Å². The van der Waals surface area contributed by atoms with Crippen LogP contribution >= 0.6 is 0 Å². The highest BCUT2D eigenvalue weighted by molar-refractivity contribution is 6.34. The van der Waals surface area contributed by atoms with Gasteiger partial charge >= 0.3 is 0 Å². The van der Waals surface area contributed by atoms with Gasteiger partial charge in [-0.1, -0.05) is 18.2 Å². The number of carbonyl (C=O) groups excluding carboxylic acids is 2. The average Bonchev–Trinajstić information content (AvgIpc) is 2.46. The second kappa shape index (κ2) is 6.47. The molecule has 1 aromatic heterocycles. The highest BCUT2D eigenvalue weighted by Gasteiger charge is 2.02. The zero-order valence-corrected chi connectivity index (χ0v) is 10.9. The van der Waals surface area contributed by atoms with Crippen molar-refractivity contribution in [3.63, 3.8) is 0 Å². The largest absolute Gasteiger partial charge is 0.550 e. The maximum absolute atomic E-state index is 10.8. The van der Waals surface area contributed by atoms with E-state index in [1.54, 1.807) is 18.2 Å². The van der Waals surface area contributed by atoms with Crippen molar-refractivity contribution in [3.8, 4) is 0 Å². The zero-order valence-electron chi connectivity index (χ0n) is 10.9. The summed E-state index contributed by atoms with van der Waals surface area (Å²) in [7, 11) is 0. The molecular weight excluding hydrogens is 274 g/mol. The molecule has 0 aliphatic heterocycles. The number of carboxylic acids is 2. The van der Waals surface area contributed by atoms with E-state index in [-0.39, 0.29) is 6.42 Å². The van der Waals surface area contributed by atoms with E-state index >= 15 is 0 Å². The lowest BCUT2D eigenvalue weighted by molar-refractivity contribution is -0.305. The number of rotatable bonds is 6. The predicted octanol–water partition coefficient (Wildman–Crippen LogP) is -0.717. The summed E-state index contributed by atoms with van der Waals surface area (Å²) in [5.74, 6) is -2.54. The van der Waals surface area contributed by atoms with Crippen LogP contribution in [-0.4, -0.2) is 22.6 Å². The van der Waals surface area contributed by atoms with E-state index in [4.69, 9.17) is 0 Å². The number of hydrogen-bond acceptors (Lipinski definition) is 7. The minimum atomic E-state index is -1.54. The summed E-state index contributed by atoms with van der Waals surface area (Å²) in [6.45, 7) is 0. The van der Waals surface area contributed by atoms with Crippen LogP contribution in [0.1, 0.15) is 12.8 Å². The molecule has 0 bridgehead atoms. The molecule has 0 saturated carbocycles. The summed E-state index contributed by atoms with van der Waals surface area (Å²) >= 11 is 0. The first-order valence-electron chi connectivity index (χ1n) is 6.16. The monoisotopic (exact) mass is 285 g/mol. The molecule has 108 valence electrons. The number of carboxylic acid groups (broad SMARTS) is 2. The average molecular weight is 285 g/mol. The fraction of sp³-hybridized carbons (Fsp3) is 0.143. The molecule has 21 heavy (non-hydrogen) atoms. The lowest BCUT2D eigenvalue weighted by atomic mass is 10.2. The molecule has 0 unspecified atom stereocenters. The van der Waals surface area contributed by atoms with Crippen LogP contribution in [0.2, 0.25) is 0 Å². The first kappa shape index (κ1) is 14.4. The maximum Gasteiger partial charge on any atom is 0.146 e. The Labute approximate surface area is 119 Å². The Hall–Kier alpha value is -2.96. The van der Waals surface area contributed by atoms with E-state index in [2.05, 4.69) is 15.5 Å². The molecule has 2 aromatic rings. The first-order chi connectivity index (χ1) is 10.1. The number of hydrazone groups is 1. The van der Waals surface area contributed by atoms with Crippen molar-refractivity contribution in [3.05, 3.63) is 36.4 Å². The van der Waals surface area contributed by atoms with Gasteiger partial charge in [0.15, 0.2) is 0 Å². The molecule has 2 rings (SSSR count). The number of carbonyl (C=O) groups is 2. The number of nitrogens with zero attached hydrogens (tertiary/aromatic N) is 2. The number of benzene rings is 1. The molecule has 0 aliphatic rings. The molecule has 1 N–H and O–H groups in total. The number of hydrogen-bond donors (Lipinski definition) is 1. The van der Waals surface area contributed by atoms with Crippen molar-refractivity contribution < 1.29 is 19.8 Å². The minimum absolute atomic E-state index is 0.286. The Morgan fingerprint density at radius 3 is 2.57 bits per heavy atom. The van der Waals surface area contributed by atoms with Crippen LogP contribution in [0.4, 0.5) is 5.82 Å². The molecule has 0 atom stereocenters. The number of para-hydroxylation sites is 1. The molecule has 7 heteroatoms. The Kier molecular flexibility index (Phi) is 4.45. The molecule has 0 spiro atoms. The topological polar surface area (TPSA) is 118 Å². The molecule has 1 heterocycles. The normalized spacial score (nSPS) is 11.3. The summed E-state index contributed by atoms with van der Waals surface area (Å²) in [5.41, 5.74) is 2.80. The van der Waals surface area contributed by atoms with Gasteiger partial charge in [0.05, 0.1) is 17.2 Å². The third-order valence-corrected chi connectivity index (χ3v) is 2.71. The summed E-state index contributed by atoms with van der Waals surface area (Å²) in [6, 6.07) is 10.8. The fourth-order valence-corrected chi connectivity index (χ4v) is 1.68. The first-order valence-corrected chi connectivity index (χ1v) is 6.16. The standard InChI is InChI=1S/C14H13N3O4/c18-13(19)8-6-11(14(20)21)16-17-12-7-5-9-3-1-2-4-10(9)15-12/h1-5,7H,6,8H2,(H,15,17)(H,18,19)(H,20,21)/p-2/b16-11-. The van der Waals surface area contributed by atoms with Crippen molar-refractivity contribution in [2.75, 3.05) is 5.43 Å². The number of anilines is 1. The third kappa shape index (κ3) is 4.00. The lowest BCUT2D eigenvalue weighted by Gasteiger charge is -2.09. The Morgan fingerprint density at radius 1 is 1.10 bits per heavy atom. The van der Waals surface area contributed by atoms with E-state index in [0.717, 1.165) is 10.9 Å². The van der Waals surface area contributed by atoms with E-state index in [1.165, 1.54) is 0 Å². The van der Waals surface area contributed by atoms with Crippen molar-refractivity contribution in [2.24, 2.45) is 5.10 Å². The van der Waals surface area contributed by atoms with E-state index < -0.39 is 24.1 Å². The van der Waals surface area contributed by atoms with Crippen LogP contribution in [0.15, 0.2) is 41.5 Å². The lowest BCUT2D eigenvalue weighted by Crippen LogP contribution is -2.34. The smallest absolute Gasteiger partial charge is 0.146 e. The molecule has 0 fully saturated rings. The van der Waals surface area contributed by atoms with Crippen LogP contribution in [0.25, 0.3) is 10.9 Å². The van der Waals surface area contributed by atoms with Gasteiger partial charge in [0.25, 0.3) is 0 Å². The molecule has 0 saturated heterocycles. The predicted molar refractivity (Wildman–Crippen MR) is 72.0 cm³/mol. The zero-order chi connectivity index (χ0) is 15.2. The van der Waals surface area contributed by atoms with Crippen LogP contribution in [-0.2, 0) is 9.59 Å². The molecule has 0 amide bonds. The van der Waals surface area contributed by atoms with Crippen molar-refractivity contribution in [1.82, 2.24) is 4.98 Å². The van der Waals surface area contributed by atoms with Crippen molar-refractivity contribution in [1.29, 1.82) is 0 Å². The van der Waals surface area contributed by atoms with Gasteiger partial charge in [-0.15, -0.1) is 0 Å². The van der Waals surface area contributed by atoms with Gasteiger partial charge in [0, 0.05) is 11.4 Å². The van der Waals surface area contributed by atoms with Crippen LogP contribution in [0, 0.1) is 0 Å². The Balaban J connectivity index is 2.15. The molecule has 7 nitrogen and oxygen atoms in total. The summed E-state index contributed by atoms with van der Waals surface area (Å²) in [6.07, 6.45) is -0.731. The summed E-state index contributed by atoms with van der Waals surface area (Å²) < 4.78 is 0. The minimum Gasteiger partial charge on any atom is -0.550 e. The number of aromatic nitrogens is 1. The van der Waals surface area contributed by atoms with Crippen molar-refractivity contribution >= 4 is 34.4 Å². The number of nitrogens with one attached hydrogen (secondary N) is 1. The van der Waals surface area contributed by atoms with Crippen LogP contribution < -0.4 is 15.6 Å². The molecule has 1 aromatic carbocycles. The molecule has 0 aliphatic carbocycles. The Bertz CT molecular complexity index is 712. The van der Waals surface area contributed by atoms with E-state index in [9.17, 15) is 19.8 Å². The molecular formula is C14H11N3O4-2. The third-order valence-electron chi connectivity index (χ3n) is 2.71. The van der Waals surface area contributed by atoms with Crippen molar-refractivity contribution in [2.45, 2.75) is 12.8 Å². The maximum atomic E-state index is 10.8. The van der Waals surface area contributed by atoms with Crippen LogP contribution in [0.3, 0.4) is 0 Å². The summed E-state index contributed by atoms with van der Waals surface area (Å²) in [4.78, 5) is 25.4. The van der Waals surface area contributed by atoms with Gasteiger partial charge in [0.2, 0.25) is 0 Å². The van der Waals surface area contributed by atoms with Gasteiger partial charge in [-0.25, -0.2) is 4.98 Å². The van der Waals surface area contributed by atoms with Gasteiger partial charge in [0.1, 0.15) is 5.82 Å². The van der Waals surface area contributed by atoms with Crippen LogP contribution in [0.5, 0.6) is 0 Å². The highest BCUT2D eigenvalue weighted by Crippen LogP contribution is 2.14. The molecule has 0 radical (unpaired) electrons. The van der Waals surface area contributed by atoms with E-state index in [1.807, 2.05) is 18.2 Å². The second-order valence-electron chi connectivity index (χ2n) is 4.22. The summed E-state index contributed by atoms with van der Waals surface area (Å²) in [5, 5.41) is 25.7. The van der Waals surface area contributed by atoms with Gasteiger partial charge in [-0.3, -0.25) is 5.43 Å². The van der Waals surface area contributed by atoms with E-state index in [0.29, 0.717) is 5.82 Å².